The molecular formula is C23H34N2O3. The molecule has 0 aromatic heterocycles. The summed E-state index contributed by atoms with van der Waals surface area (Å²) in [6, 6.07) is 7.95. The van der Waals surface area contributed by atoms with E-state index in [1.54, 1.807) is 0 Å². The maximum absolute atomic E-state index is 5.67. The van der Waals surface area contributed by atoms with Crippen molar-refractivity contribution < 1.29 is 14.2 Å². The zero-order valence-corrected chi connectivity index (χ0v) is 17.0. The van der Waals surface area contributed by atoms with Crippen molar-refractivity contribution in [1.82, 2.24) is 10.2 Å². The molecule has 4 aliphatic rings. The Hall–Kier alpha value is -1.30. The maximum Gasteiger partial charge on any atom is 0.231 e. The molecule has 1 N–H and O–H groups in total. The number of fused-ring (bicyclic) bond motifs is 1. The number of ether oxygens (including phenoxy) is 3. The van der Waals surface area contributed by atoms with Gasteiger partial charge >= 0.3 is 0 Å². The summed E-state index contributed by atoms with van der Waals surface area (Å²) in [4.78, 5) is 2.65. The largest absolute Gasteiger partial charge is 0.454 e. The summed E-state index contributed by atoms with van der Waals surface area (Å²) in [6.45, 7) is 5.75. The summed E-state index contributed by atoms with van der Waals surface area (Å²) >= 11 is 0. The third kappa shape index (κ3) is 3.77. The van der Waals surface area contributed by atoms with Crippen molar-refractivity contribution in [2.45, 2.75) is 68.9 Å². The average Bonchev–Trinajstić information content (AvgIpc) is 3.45. The van der Waals surface area contributed by atoms with Crippen LogP contribution in [0.2, 0.25) is 0 Å². The zero-order chi connectivity index (χ0) is 18.8. The predicted octanol–water partition coefficient (Wildman–Crippen LogP) is 3.46. The molecule has 1 aromatic carbocycles. The molecule has 5 nitrogen and oxygen atoms in total. The molecule has 3 heterocycles. The van der Waals surface area contributed by atoms with Crippen molar-refractivity contribution >= 4 is 0 Å². The quantitative estimate of drug-likeness (QED) is 0.839. The minimum Gasteiger partial charge on any atom is -0.454 e. The van der Waals surface area contributed by atoms with Gasteiger partial charge in [0.25, 0.3) is 0 Å². The lowest BCUT2D eigenvalue weighted by Gasteiger charge is -2.41. The molecule has 3 fully saturated rings. The van der Waals surface area contributed by atoms with Gasteiger partial charge in [-0.05, 0) is 49.8 Å². The molecule has 3 aliphatic heterocycles. The van der Waals surface area contributed by atoms with Crippen molar-refractivity contribution in [3.63, 3.8) is 0 Å². The van der Waals surface area contributed by atoms with E-state index in [1.165, 1.54) is 70.0 Å². The summed E-state index contributed by atoms with van der Waals surface area (Å²) in [5.41, 5.74) is 1.68. The molecule has 0 bridgehead atoms. The molecule has 5 rings (SSSR count). The lowest BCUT2D eigenvalue weighted by molar-refractivity contribution is 0.114. The molecule has 1 atom stereocenters. The van der Waals surface area contributed by atoms with E-state index in [9.17, 15) is 0 Å². The number of rotatable bonds is 5. The monoisotopic (exact) mass is 386 g/mol. The van der Waals surface area contributed by atoms with Gasteiger partial charge < -0.3 is 19.5 Å². The smallest absolute Gasteiger partial charge is 0.231 e. The van der Waals surface area contributed by atoms with Crippen LogP contribution in [0.1, 0.15) is 56.9 Å². The molecule has 0 spiro atoms. The molecule has 5 heteroatoms. The van der Waals surface area contributed by atoms with Gasteiger partial charge in [-0.2, -0.15) is 0 Å². The van der Waals surface area contributed by atoms with Crippen molar-refractivity contribution in [1.29, 1.82) is 0 Å². The average molecular weight is 387 g/mol. The van der Waals surface area contributed by atoms with Gasteiger partial charge in [-0.15, -0.1) is 0 Å². The van der Waals surface area contributed by atoms with Gasteiger partial charge in [-0.1, -0.05) is 25.3 Å². The van der Waals surface area contributed by atoms with Gasteiger partial charge in [-0.3, -0.25) is 4.90 Å². The lowest BCUT2D eigenvalue weighted by atomic mass is 9.69. The van der Waals surface area contributed by atoms with E-state index in [-0.39, 0.29) is 5.41 Å². The molecular weight excluding hydrogens is 352 g/mol. The molecule has 1 unspecified atom stereocenters. The Bertz CT molecular complexity index is 660. The highest BCUT2D eigenvalue weighted by molar-refractivity contribution is 5.47. The first kappa shape index (κ1) is 18.7. The first-order chi connectivity index (χ1) is 13.8. The molecule has 1 aromatic rings. The second-order valence-corrected chi connectivity index (χ2v) is 9.12. The molecule has 0 amide bonds. The van der Waals surface area contributed by atoms with Crippen LogP contribution in [0.3, 0.4) is 0 Å². The van der Waals surface area contributed by atoms with Crippen molar-refractivity contribution in [3.05, 3.63) is 23.8 Å². The maximum atomic E-state index is 5.67. The second kappa shape index (κ2) is 8.21. The van der Waals surface area contributed by atoms with Crippen molar-refractivity contribution in [3.8, 4) is 11.5 Å². The SMILES string of the molecule is c1cc2c(cc1C1(CNC3CCN(C4CCOC4)CC3)CCCCC1)OCO2. The second-order valence-electron chi connectivity index (χ2n) is 9.12. The molecule has 2 saturated heterocycles. The highest BCUT2D eigenvalue weighted by Crippen LogP contribution is 2.43. The van der Waals surface area contributed by atoms with E-state index >= 15 is 0 Å². The van der Waals surface area contributed by atoms with Crippen LogP contribution in [0.25, 0.3) is 0 Å². The Morgan fingerprint density at radius 3 is 2.61 bits per heavy atom. The number of hydrogen-bond donors (Lipinski definition) is 1. The number of nitrogens with zero attached hydrogens (tertiary/aromatic N) is 1. The highest BCUT2D eigenvalue weighted by Gasteiger charge is 2.36. The zero-order valence-electron chi connectivity index (χ0n) is 17.0. The minimum atomic E-state index is 0.246. The minimum absolute atomic E-state index is 0.246. The molecule has 1 saturated carbocycles. The van der Waals surface area contributed by atoms with Crippen LogP contribution < -0.4 is 14.8 Å². The Labute approximate surface area is 168 Å². The number of hydrogen-bond acceptors (Lipinski definition) is 5. The molecule has 154 valence electrons. The summed E-state index contributed by atoms with van der Waals surface area (Å²) in [6.07, 6.45) is 10.3. The van der Waals surface area contributed by atoms with Crippen LogP contribution in [-0.4, -0.2) is 56.6 Å². The summed E-state index contributed by atoms with van der Waals surface area (Å²) in [7, 11) is 0. The fourth-order valence-corrected chi connectivity index (χ4v) is 5.64. The van der Waals surface area contributed by atoms with Crippen LogP contribution in [-0.2, 0) is 10.2 Å². The van der Waals surface area contributed by atoms with E-state index in [2.05, 4.69) is 28.4 Å². The molecule has 1 aliphatic carbocycles. The first-order valence-corrected chi connectivity index (χ1v) is 11.3. The number of nitrogens with one attached hydrogen (secondary N) is 1. The van der Waals surface area contributed by atoms with E-state index in [0.29, 0.717) is 18.9 Å². The summed E-state index contributed by atoms with van der Waals surface area (Å²) < 4.78 is 16.8. The first-order valence-electron chi connectivity index (χ1n) is 11.3. The fraction of sp³-hybridized carbons (Fsp3) is 0.739. The summed E-state index contributed by atoms with van der Waals surface area (Å²) in [5.74, 6) is 1.82. The van der Waals surface area contributed by atoms with Crippen LogP contribution >= 0.6 is 0 Å². The Morgan fingerprint density at radius 1 is 1.00 bits per heavy atom. The van der Waals surface area contributed by atoms with Gasteiger partial charge in [0.15, 0.2) is 11.5 Å². The molecule has 28 heavy (non-hydrogen) atoms. The third-order valence-electron chi connectivity index (χ3n) is 7.48. The van der Waals surface area contributed by atoms with Crippen molar-refractivity contribution in [2.24, 2.45) is 0 Å². The van der Waals surface area contributed by atoms with Crippen LogP contribution in [0.4, 0.5) is 0 Å². The summed E-state index contributed by atoms with van der Waals surface area (Å²) in [5, 5.41) is 3.98. The Balaban J connectivity index is 1.22. The molecule has 0 radical (unpaired) electrons. The van der Waals surface area contributed by atoms with Gasteiger partial charge in [0.05, 0.1) is 6.61 Å². The van der Waals surface area contributed by atoms with Gasteiger partial charge in [0.2, 0.25) is 6.79 Å². The van der Waals surface area contributed by atoms with Crippen LogP contribution in [0.5, 0.6) is 11.5 Å². The Morgan fingerprint density at radius 2 is 1.82 bits per heavy atom. The highest BCUT2D eigenvalue weighted by atomic mass is 16.7. The van der Waals surface area contributed by atoms with Gasteiger partial charge in [-0.25, -0.2) is 0 Å². The van der Waals surface area contributed by atoms with E-state index in [0.717, 1.165) is 31.3 Å². The van der Waals surface area contributed by atoms with Gasteiger partial charge in [0, 0.05) is 43.7 Å². The topological polar surface area (TPSA) is 43.0 Å². The standard InChI is InChI=1S/C23H34N2O3/c1-2-9-23(10-3-1,18-4-5-21-22(14-18)28-17-27-21)16-24-19-6-11-25(12-7-19)20-8-13-26-15-20/h4-5,14,19-20,24H,1-3,6-13,15-17H2. The lowest BCUT2D eigenvalue weighted by Crippen LogP contribution is -2.50. The van der Waals surface area contributed by atoms with E-state index in [4.69, 9.17) is 14.2 Å². The number of likely N-dealkylation sites (tertiary alicyclic amines) is 1. The van der Waals surface area contributed by atoms with E-state index in [1.807, 2.05) is 0 Å². The number of benzene rings is 1. The van der Waals surface area contributed by atoms with Crippen LogP contribution in [0.15, 0.2) is 18.2 Å². The van der Waals surface area contributed by atoms with Crippen molar-refractivity contribution in [2.75, 3.05) is 39.6 Å². The normalized spacial score (nSPS) is 27.9. The van der Waals surface area contributed by atoms with E-state index < -0.39 is 0 Å². The number of piperidine rings is 1. The Kier molecular flexibility index (Phi) is 5.49. The third-order valence-corrected chi connectivity index (χ3v) is 7.48. The predicted molar refractivity (Wildman–Crippen MR) is 109 cm³/mol. The van der Waals surface area contributed by atoms with Crippen LogP contribution in [0, 0.1) is 0 Å². The van der Waals surface area contributed by atoms with Gasteiger partial charge in [0.1, 0.15) is 0 Å². The fourth-order valence-electron chi connectivity index (χ4n) is 5.64.